The molecular formula is C19H22N2. The van der Waals surface area contributed by atoms with Crippen molar-refractivity contribution in [3.63, 3.8) is 0 Å². The van der Waals surface area contributed by atoms with Crippen molar-refractivity contribution >= 4 is 11.4 Å². The van der Waals surface area contributed by atoms with E-state index < -0.39 is 0 Å². The van der Waals surface area contributed by atoms with Gasteiger partial charge >= 0.3 is 0 Å². The fourth-order valence-electron chi connectivity index (χ4n) is 3.71. The smallest absolute Gasteiger partial charge is 0.0602 e. The molecule has 0 unspecified atom stereocenters. The zero-order chi connectivity index (χ0) is 14.1. The molecule has 0 aromatic heterocycles. The highest BCUT2D eigenvalue weighted by Crippen LogP contribution is 2.31. The van der Waals surface area contributed by atoms with Gasteiger partial charge in [0.25, 0.3) is 0 Å². The molecule has 2 aromatic carbocycles. The fourth-order valence-corrected chi connectivity index (χ4v) is 3.71. The lowest BCUT2D eigenvalue weighted by Gasteiger charge is -2.24. The van der Waals surface area contributed by atoms with E-state index in [1.165, 1.54) is 48.4 Å². The van der Waals surface area contributed by atoms with Gasteiger partial charge < -0.3 is 10.2 Å². The number of hydrogen-bond donors (Lipinski definition) is 1. The minimum atomic E-state index is 0.533. The van der Waals surface area contributed by atoms with Crippen LogP contribution in [0.15, 0.2) is 48.5 Å². The van der Waals surface area contributed by atoms with Gasteiger partial charge in [0.05, 0.1) is 11.4 Å². The Morgan fingerprint density at radius 3 is 2.14 bits per heavy atom. The second-order valence-electron chi connectivity index (χ2n) is 6.23. The Morgan fingerprint density at radius 2 is 1.43 bits per heavy atom. The molecule has 1 aliphatic heterocycles. The standard InChI is InChI=1S/C19H22N2/c1-2-8-16-14-17(13-15(16)7-1)20-18-9-3-4-10-19(18)21-11-5-6-12-21/h1-4,7-10,17,20H,5-6,11-14H2. The lowest BCUT2D eigenvalue weighted by atomic mass is 10.1. The molecule has 1 heterocycles. The SMILES string of the molecule is c1ccc2c(c1)CC(Nc1ccccc1N1CCCC1)C2. The first-order chi connectivity index (χ1) is 10.4. The summed E-state index contributed by atoms with van der Waals surface area (Å²) in [5, 5.41) is 3.79. The number of fused-ring (bicyclic) bond motifs is 1. The van der Waals surface area contributed by atoms with Gasteiger partial charge in [-0.2, -0.15) is 0 Å². The lowest BCUT2D eigenvalue weighted by Crippen LogP contribution is -2.24. The van der Waals surface area contributed by atoms with Crippen molar-refractivity contribution < 1.29 is 0 Å². The maximum absolute atomic E-state index is 3.79. The third kappa shape index (κ3) is 2.51. The molecule has 108 valence electrons. The van der Waals surface area contributed by atoms with Gasteiger partial charge in [-0.15, -0.1) is 0 Å². The monoisotopic (exact) mass is 278 g/mol. The minimum Gasteiger partial charge on any atom is -0.380 e. The van der Waals surface area contributed by atoms with Crippen LogP contribution < -0.4 is 10.2 Å². The first-order valence-corrected chi connectivity index (χ1v) is 8.07. The number of anilines is 2. The molecule has 4 rings (SSSR count). The van der Waals surface area contributed by atoms with Gasteiger partial charge in [-0.3, -0.25) is 0 Å². The van der Waals surface area contributed by atoms with Crippen molar-refractivity contribution in [2.24, 2.45) is 0 Å². The van der Waals surface area contributed by atoms with Crippen molar-refractivity contribution in [2.75, 3.05) is 23.3 Å². The molecule has 2 heteroatoms. The average molecular weight is 278 g/mol. The molecule has 1 saturated heterocycles. The van der Waals surface area contributed by atoms with Crippen molar-refractivity contribution in [3.8, 4) is 0 Å². The van der Waals surface area contributed by atoms with Crippen LogP contribution in [0.4, 0.5) is 11.4 Å². The maximum atomic E-state index is 3.79. The lowest BCUT2D eigenvalue weighted by molar-refractivity contribution is 0.773. The average Bonchev–Trinajstić information content (AvgIpc) is 3.16. The molecular weight excluding hydrogens is 256 g/mol. The molecule has 2 aliphatic rings. The zero-order valence-corrected chi connectivity index (χ0v) is 12.4. The summed E-state index contributed by atoms with van der Waals surface area (Å²) in [4.78, 5) is 2.52. The van der Waals surface area contributed by atoms with Gasteiger partial charge in [0.1, 0.15) is 0 Å². The molecule has 1 fully saturated rings. The van der Waals surface area contributed by atoms with Gasteiger partial charge in [-0.05, 0) is 48.9 Å². The zero-order valence-electron chi connectivity index (χ0n) is 12.4. The van der Waals surface area contributed by atoms with E-state index in [4.69, 9.17) is 0 Å². The molecule has 2 nitrogen and oxygen atoms in total. The highest BCUT2D eigenvalue weighted by atomic mass is 15.2. The number of nitrogens with zero attached hydrogens (tertiary/aromatic N) is 1. The van der Waals surface area contributed by atoms with E-state index in [9.17, 15) is 0 Å². The summed E-state index contributed by atoms with van der Waals surface area (Å²) in [6, 6.07) is 18.2. The Bertz CT molecular complexity index is 604. The topological polar surface area (TPSA) is 15.3 Å². The Labute approximate surface area is 126 Å². The van der Waals surface area contributed by atoms with Crippen molar-refractivity contribution in [3.05, 3.63) is 59.7 Å². The molecule has 1 aliphatic carbocycles. The van der Waals surface area contributed by atoms with Gasteiger partial charge in [0, 0.05) is 19.1 Å². The molecule has 0 saturated carbocycles. The summed E-state index contributed by atoms with van der Waals surface area (Å²) in [6.45, 7) is 2.40. The van der Waals surface area contributed by atoms with Crippen LogP contribution in [0.1, 0.15) is 24.0 Å². The predicted octanol–water partition coefficient (Wildman–Crippen LogP) is 3.87. The van der Waals surface area contributed by atoms with Gasteiger partial charge in [0.15, 0.2) is 0 Å². The van der Waals surface area contributed by atoms with Crippen LogP contribution in [0.5, 0.6) is 0 Å². The summed E-state index contributed by atoms with van der Waals surface area (Å²) in [6.07, 6.45) is 4.93. The summed E-state index contributed by atoms with van der Waals surface area (Å²) in [5.41, 5.74) is 5.70. The highest BCUT2D eigenvalue weighted by Gasteiger charge is 2.22. The highest BCUT2D eigenvalue weighted by molar-refractivity contribution is 5.71. The number of hydrogen-bond acceptors (Lipinski definition) is 2. The summed E-state index contributed by atoms with van der Waals surface area (Å²) >= 11 is 0. The van der Waals surface area contributed by atoms with Crippen LogP contribution in [0.25, 0.3) is 0 Å². The molecule has 0 radical (unpaired) electrons. The first-order valence-electron chi connectivity index (χ1n) is 8.07. The summed E-state index contributed by atoms with van der Waals surface area (Å²) < 4.78 is 0. The maximum Gasteiger partial charge on any atom is 0.0602 e. The second kappa shape index (κ2) is 5.44. The van der Waals surface area contributed by atoms with Gasteiger partial charge in [0.2, 0.25) is 0 Å². The van der Waals surface area contributed by atoms with Crippen LogP contribution in [0, 0.1) is 0 Å². The largest absolute Gasteiger partial charge is 0.380 e. The molecule has 0 amide bonds. The molecule has 21 heavy (non-hydrogen) atoms. The normalized spacial score (nSPS) is 18.0. The van der Waals surface area contributed by atoms with Crippen LogP contribution in [0.2, 0.25) is 0 Å². The number of rotatable bonds is 3. The van der Waals surface area contributed by atoms with Crippen molar-refractivity contribution in [1.82, 2.24) is 0 Å². The van der Waals surface area contributed by atoms with Crippen LogP contribution in [-0.4, -0.2) is 19.1 Å². The van der Waals surface area contributed by atoms with Crippen LogP contribution in [-0.2, 0) is 12.8 Å². The molecule has 0 spiro atoms. The molecule has 0 bridgehead atoms. The number of benzene rings is 2. The first kappa shape index (κ1) is 12.8. The van der Waals surface area contributed by atoms with E-state index >= 15 is 0 Å². The molecule has 0 atom stereocenters. The summed E-state index contributed by atoms with van der Waals surface area (Å²) in [7, 11) is 0. The van der Waals surface area contributed by atoms with Gasteiger partial charge in [-0.1, -0.05) is 36.4 Å². The van der Waals surface area contributed by atoms with E-state index in [2.05, 4.69) is 58.7 Å². The third-order valence-corrected chi connectivity index (χ3v) is 4.76. The molecule has 2 aromatic rings. The predicted molar refractivity (Wildman–Crippen MR) is 89.1 cm³/mol. The van der Waals surface area contributed by atoms with Crippen LogP contribution >= 0.6 is 0 Å². The van der Waals surface area contributed by atoms with Crippen molar-refractivity contribution in [2.45, 2.75) is 31.7 Å². The Kier molecular flexibility index (Phi) is 3.30. The van der Waals surface area contributed by atoms with E-state index in [0.717, 1.165) is 12.8 Å². The Hall–Kier alpha value is -1.96. The Balaban J connectivity index is 1.53. The second-order valence-corrected chi connectivity index (χ2v) is 6.23. The quantitative estimate of drug-likeness (QED) is 0.917. The van der Waals surface area contributed by atoms with E-state index in [0.29, 0.717) is 6.04 Å². The van der Waals surface area contributed by atoms with Crippen LogP contribution in [0.3, 0.4) is 0 Å². The van der Waals surface area contributed by atoms with E-state index in [1.54, 1.807) is 0 Å². The van der Waals surface area contributed by atoms with Crippen molar-refractivity contribution in [1.29, 1.82) is 0 Å². The van der Waals surface area contributed by atoms with Gasteiger partial charge in [-0.25, -0.2) is 0 Å². The number of para-hydroxylation sites is 2. The minimum absolute atomic E-state index is 0.533. The van der Waals surface area contributed by atoms with E-state index in [-0.39, 0.29) is 0 Å². The number of nitrogens with one attached hydrogen (secondary N) is 1. The molecule has 1 N–H and O–H groups in total. The Morgan fingerprint density at radius 1 is 0.810 bits per heavy atom. The van der Waals surface area contributed by atoms with E-state index in [1.807, 2.05) is 0 Å². The summed E-state index contributed by atoms with van der Waals surface area (Å²) in [5.74, 6) is 0. The fraction of sp³-hybridized carbons (Fsp3) is 0.368. The third-order valence-electron chi connectivity index (χ3n) is 4.76.